The molecule has 5 heteroatoms. The number of methoxy groups -OCH3 is 1. The van der Waals surface area contributed by atoms with Gasteiger partial charge in [0.25, 0.3) is 0 Å². The van der Waals surface area contributed by atoms with Gasteiger partial charge in [-0.05, 0) is 6.07 Å². The Morgan fingerprint density at radius 1 is 1.58 bits per heavy atom. The van der Waals surface area contributed by atoms with Crippen LogP contribution in [0.5, 0.6) is 11.8 Å². The van der Waals surface area contributed by atoms with E-state index in [2.05, 4.69) is 15.2 Å². The van der Waals surface area contributed by atoms with Gasteiger partial charge in [0, 0.05) is 6.20 Å². The van der Waals surface area contributed by atoms with Crippen molar-refractivity contribution in [2.24, 2.45) is 0 Å². The average molecular weight is 165 g/mol. The minimum atomic E-state index is -0.0364. The fourth-order valence-electron chi connectivity index (χ4n) is 1.06. The van der Waals surface area contributed by atoms with E-state index in [4.69, 9.17) is 4.74 Å². The Balaban J connectivity index is 2.81. The molecule has 2 N–H and O–H groups in total. The van der Waals surface area contributed by atoms with E-state index in [0.717, 1.165) is 0 Å². The van der Waals surface area contributed by atoms with Gasteiger partial charge >= 0.3 is 0 Å². The van der Waals surface area contributed by atoms with Gasteiger partial charge in [0.05, 0.1) is 12.5 Å². The third kappa shape index (κ3) is 0.795. The molecule has 2 aromatic heterocycles. The molecule has 2 aromatic rings. The maximum Gasteiger partial charge on any atom is 0.239 e. The summed E-state index contributed by atoms with van der Waals surface area (Å²) < 4.78 is 4.95. The number of fused-ring (bicyclic) bond motifs is 1. The summed E-state index contributed by atoms with van der Waals surface area (Å²) in [6.45, 7) is 0. The van der Waals surface area contributed by atoms with Crippen molar-refractivity contribution in [2.75, 3.05) is 7.11 Å². The van der Waals surface area contributed by atoms with Crippen molar-refractivity contribution in [2.45, 2.75) is 0 Å². The third-order valence-electron chi connectivity index (χ3n) is 1.62. The first-order valence-corrected chi connectivity index (χ1v) is 3.39. The molecular weight excluding hydrogens is 158 g/mol. The van der Waals surface area contributed by atoms with Crippen molar-refractivity contribution in [3.63, 3.8) is 0 Å². The summed E-state index contributed by atoms with van der Waals surface area (Å²) in [7, 11) is 1.51. The predicted octanol–water partition coefficient (Wildman–Crippen LogP) is 0.672. The lowest BCUT2D eigenvalue weighted by molar-refractivity contribution is 0.402. The molecule has 0 bridgehead atoms. The van der Waals surface area contributed by atoms with Crippen LogP contribution in [0.3, 0.4) is 0 Å². The average Bonchev–Trinajstić information content (AvgIpc) is 2.48. The molecule has 0 spiro atoms. The maximum absolute atomic E-state index is 9.21. The molecule has 0 radical (unpaired) electrons. The number of ether oxygens (including phenoxy) is 1. The Morgan fingerprint density at radius 2 is 2.42 bits per heavy atom. The molecule has 0 aliphatic heterocycles. The highest BCUT2D eigenvalue weighted by molar-refractivity contribution is 5.86. The maximum atomic E-state index is 9.21. The van der Waals surface area contributed by atoms with Crippen LogP contribution >= 0.6 is 0 Å². The molecule has 0 aromatic carbocycles. The van der Waals surface area contributed by atoms with Crippen LogP contribution in [0, 0.1) is 0 Å². The standard InChI is InChI=1S/C7H7N3O2/c1-12-7-5-4(2-3-8-7)6(11)10-9-5/h2-3H,1H3,(H2,9,10,11). The predicted molar refractivity (Wildman–Crippen MR) is 42.1 cm³/mol. The SMILES string of the molecule is COc1nccc2c(O)n[nH]c12. The van der Waals surface area contributed by atoms with Gasteiger partial charge in [-0.1, -0.05) is 0 Å². The van der Waals surface area contributed by atoms with E-state index >= 15 is 0 Å². The zero-order chi connectivity index (χ0) is 8.55. The van der Waals surface area contributed by atoms with Crippen LogP contribution < -0.4 is 4.74 Å². The van der Waals surface area contributed by atoms with Gasteiger partial charge in [0.1, 0.15) is 5.52 Å². The van der Waals surface area contributed by atoms with Crippen LogP contribution in [0.25, 0.3) is 10.9 Å². The second-order valence-corrected chi connectivity index (χ2v) is 2.29. The molecule has 0 unspecified atom stereocenters. The van der Waals surface area contributed by atoms with Gasteiger partial charge in [-0.3, -0.25) is 5.10 Å². The number of nitrogens with one attached hydrogen (secondary N) is 1. The second-order valence-electron chi connectivity index (χ2n) is 2.29. The van der Waals surface area contributed by atoms with E-state index in [-0.39, 0.29) is 5.88 Å². The van der Waals surface area contributed by atoms with Gasteiger partial charge in [-0.2, -0.15) is 0 Å². The first-order valence-electron chi connectivity index (χ1n) is 3.39. The molecule has 62 valence electrons. The second kappa shape index (κ2) is 2.37. The Labute approximate surface area is 68.0 Å². The Kier molecular flexibility index (Phi) is 1.36. The van der Waals surface area contributed by atoms with E-state index < -0.39 is 0 Å². The fourth-order valence-corrected chi connectivity index (χ4v) is 1.06. The molecule has 0 saturated carbocycles. The van der Waals surface area contributed by atoms with Crippen molar-refractivity contribution in [1.82, 2.24) is 15.2 Å². The van der Waals surface area contributed by atoms with Crippen molar-refractivity contribution < 1.29 is 9.84 Å². The van der Waals surface area contributed by atoms with E-state index in [1.807, 2.05) is 0 Å². The van der Waals surface area contributed by atoms with Crippen LogP contribution in [0.1, 0.15) is 0 Å². The topological polar surface area (TPSA) is 71.0 Å². The van der Waals surface area contributed by atoms with Crippen molar-refractivity contribution >= 4 is 10.9 Å². The number of pyridine rings is 1. The molecule has 0 aliphatic rings. The lowest BCUT2D eigenvalue weighted by Gasteiger charge is -1.97. The Hall–Kier alpha value is -1.78. The molecule has 0 atom stereocenters. The Bertz CT molecular complexity index is 410. The summed E-state index contributed by atoms with van der Waals surface area (Å²) in [6, 6.07) is 1.66. The zero-order valence-electron chi connectivity index (χ0n) is 6.40. The lowest BCUT2D eigenvalue weighted by Crippen LogP contribution is -1.87. The summed E-state index contributed by atoms with van der Waals surface area (Å²) in [6.07, 6.45) is 1.55. The highest BCUT2D eigenvalue weighted by Crippen LogP contribution is 2.25. The number of aromatic amines is 1. The quantitative estimate of drug-likeness (QED) is 0.651. The number of hydrogen-bond donors (Lipinski definition) is 2. The molecule has 0 fully saturated rings. The molecule has 2 heterocycles. The first-order chi connectivity index (χ1) is 5.83. The number of nitrogens with zero attached hydrogens (tertiary/aromatic N) is 2. The normalized spacial score (nSPS) is 10.4. The van der Waals surface area contributed by atoms with Gasteiger partial charge in [0.15, 0.2) is 0 Å². The smallest absolute Gasteiger partial charge is 0.239 e. The number of aromatic nitrogens is 3. The Morgan fingerprint density at radius 3 is 3.17 bits per heavy atom. The number of rotatable bonds is 1. The van der Waals surface area contributed by atoms with E-state index in [1.165, 1.54) is 7.11 Å². The largest absolute Gasteiger partial charge is 0.492 e. The number of aromatic hydroxyl groups is 1. The van der Waals surface area contributed by atoms with Gasteiger partial charge in [-0.25, -0.2) is 4.98 Å². The monoisotopic (exact) mass is 165 g/mol. The van der Waals surface area contributed by atoms with Crippen LogP contribution in [0.15, 0.2) is 12.3 Å². The van der Waals surface area contributed by atoms with E-state index in [1.54, 1.807) is 12.3 Å². The summed E-state index contributed by atoms with van der Waals surface area (Å²) in [5.74, 6) is 0.394. The molecule has 12 heavy (non-hydrogen) atoms. The summed E-state index contributed by atoms with van der Waals surface area (Å²) in [4.78, 5) is 3.93. The van der Waals surface area contributed by atoms with E-state index in [0.29, 0.717) is 16.8 Å². The number of H-pyrrole nitrogens is 1. The first kappa shape index (κ1) is 6.90. The molecule has 2 rings (SSSR count). The van der Waals surface area contributed by atoms with Crippen LogP contribution in [-0.4, -0.2) is 27.4 Å². The zero-order valence-corrected chi connectivity index (χ0v) is 6.40. The van der Waals surface area contributed by atoms with Crippen LogP contribution in [-0.2, 0) is 0 Å². The van der Waals surface area contributed by atoms with Gasteiger partial charge in [0.2, 0.25) is 11.8 Å². The summed E-state index contributed by atoms with van der Waals surface area (Å²) in [5, 5.41) is 16.1. The lowest BCUT2D eigenvalue weighted by atomic mass is 10.3. The summed E-state index contributed by atoms with van der Waals surface area (Å²) in [5.41, 5.74) is 0.609. The minimum Gasteiger partial charge on any atom is -0.492 e. The van der Waals surface area contributed by atoms with Crippen LogP contribution in [0.4, 0.5) is 0 Å². The minimum absolute atomic E-state index is 0.0364. The molecule has 0 amide bonds. The fraction of sp³-hybridized carbons (Fsp3) is 0.143. The van der Waals surface area contributed by atoms with E-state index in [9.17, 15) is 5.11 Å². The van der Waals surface area contributed by atoms with Crippen molar-refractivity contribution in [1.29, 1.82) is 0 Å². The van der Waals surface area contributed by atoms with Crippen molar-refractivity contribution in [3.05, 3.63) is 12.3 Å². The highest BCUT2D eigenvalue weighted by Gasteiger charge is 2.08. The molecule has 0 aliphatic carbocycles. The summed E-state index contributed by atoms with van der Waals surface area (Å²) >= 11 is 0. The van der Waals surface area contributed by atoms with Crippen molar-refractivity contribution in [3.8, 4) is 11.8 Å². The molecule has 5 nitrogen and oxygen atoms in total. The van der Waals surface area contributed by atoms with Crippen LogP contribution in [0.2, 0.25) is 0 Å². The third-order valence-corrected chi connectivity index (χ3v) is 1.62. The molecular formula is C7H7N3O2. The molecule has 0 saturated heterocycles. The van der Waals surface area contributed by atoms with Gasteiger partial charge < -0.3 is 9.84 Å². The van der Waals surface area contributed by atoms with Gasteiger partial charge in [-0.15, -0.1) is 5.10 Å². The number of hydrogen-bond acceptors (Lipinski definition) is 4. The highest BCUT2D eigenvalue weighted by atomic mass is 16.5.